The van der Waals surface area contributed by atoms with Gasteiger partial charge in [0.25, 0.3) is 0 Å². The first kappa shape index (κ1) is 11.9. The Morgan fingerprint density at radius 3 is 3.05 bits per heavy atom. The van der Waals surface area contributed by atoms with Crippen molar-refractivity contribution in [2.24, 2.45) is 0 Å². The number of nitrogens with one attached hydrogen (secondary N) is 1. The molecule has 1 N–H and O–H groups in total. The van der Waals surface area contributed by atoms with Crippen LogP contribution in [0.15, 0.2) is 23.0 Å². The second kappa shape index (κ2) is 5.21. The summed E-state index contributed by atoms with van der Waals surface area (Å²) in [5, 5.41) is 11.0. The standard InChI is InChI=1S/C12H16N6O/c1-9-16-17-12(19-9)15-10-3-2-6-18(8-10)11-7-13-4-5-14-11/h4-5,7,10H,2-3,6,8H2,1H3,(H,15,17). The molecule has 0 amide bonds. The lowest BCUT2D eigenvalue weighted by molar-refractivity contribution is 0.487. The van der Waals surface area contributed by atoms with Gasteiger partial charge in [-0.25, -0.2) is 4.98 Å². The molecular weight excluding hydrogens is 244 g/mol. The molecule has 3 rings (SSSR count). The van der Waals surface area contributed by atoms with Gasteiger partial charge in [-0.15, -0.1) is 5.10 Å². The highest BCUT2D eigenvalue weighted by Gasteiger charge is 2.22. The van der Waals surface area contributed by atoms with Gasteiger partial charge in [0.05, 0.1) is 6.20 Å². The fourth-order valence-corrected chi connectivity index (χ4v) is 2.29. The summed E-state index contributed by atoms with van der Waals surface area (Å²) in [5.74, 6) is 1.49. The minimum atomic E-state index is 0.288. The van der Waals surface area contributed by atoms with Crippen LogP contribution >= 0.6 is 0 Å². The van der Waals surface area contributed by atoms with Crippen LogP contribution in [0.2, 0.25) is 0 Å². The first-order chi connectivity index (χ1) is 9.31. The van der Waals surface area contributed by atoms with Gasteiger partial charge in [0.1, 0.15) is 5.82 Å². The van der Waals surface area contributed by atoms with E-state index in [1.54, 1.807) is 25.5 Å². The van der Waals surface area contributed by atoms with Gasteiger partial charge in [-0.1, -0.05) is 5.10 Å². The molecule has 1 unspecified atom stereocenters. The van der Waals surface area contributed by atoms with Crippen molar-refractivity contribution >= 4 is 11.8 Å². The average molecular weight is 260 g/mol. The van der Waals surface area contributed by atoms with Crippen LogP contribution in [-0.4, -0.2) is 39.3 Å². The van der Waals surface area contributed by atoms with E-state index in [1.807, 2.05) is 0 Å². The zero-order valence-electron chi connectivity index (χ0n) is 10.8. The van der Waals surface area contributed by atoms with Crippen LogP contribution in [0.3, 0.4) is 0 Å². The van der Waals surface area contributed by atoms with Crippen LogP contribution < -0.4 is 10.2 Å². The Bertz CT molecular complexity index is 528. The number of hydrogen-bond acceptors (Lipinski definition) is 7. The number of nitrogens with zero attached hydrogens (tertiary/aromatic N) is 5. The molecular formula is C12H16N6O. The number of piperidine rings is 1. The molecule has 0 saturated carbocycles. The summed E-state index contributed by atoms with van der Waals surface area (Å²) in [5.41, 5.74) is 0. The number of aryl methyl sites for hydroxylation is 1. The van der Waals surface area contributed by atoms with E-state index in [4.69, 9.17) is 4.42 Å². The summed E-state index contributed by atoms with van der Waals surface area (Å²) >= 11 is 0. The van der Waals surface area contributed by atoms with E-state index in [0.717, 1.165) is 31.7 Å². The molecule has 0 aromatic carbocycles. The number of hydrogen-bond donors (Lipinski definition) is 1. The maximum atomic E-state index is 5.35. The SMILES string of the molecule is Cc1nnc(NC2CCCN(c3cnccn3)C2)o1. The average Bonchev–Trinajstić information content (AvgIpc) is 2.85. The van der Waals surface area contributed by atoms with Crippen LogP contribution in [-0.2, 0) is 0 Å². The van der Waals surface area contributed by atoms with Gasteiger partial charge in [-0.2, -0.15) is 0 Å². The van der Waals surface area contributed by atoms with Crippen LogP contribution in [0.5, 0.6) is 0 Å². The van der Waals surface area contributed by atoms with Gasteiger partial charge in [0.2, 0.25) is 5.89 Å². The van der Waals surface area contributed by atoms with E-state index in [2.05, 4.69) is 30.4 Å². The quantitative estimate of drug-likeness (QED) is 0.889. The molecule has 19 heavy (non-hydrogen) atoms. The Balaban J connectivity index is 1.65. The van der Waals surface area contributed by atoms with Crippen molar-refractivity contribution in [3.63, 3.8) is 0 Å². The Morgan fingerprint density at radius 1 is 1.37 bits per heavy atom. The third-order valence-electron chi connectivity index (χ3n) is 3.15. The fourth-order valence-electron chi connectivity index (χ4n) is 2.29. The predicted octanol–water partition coefficient (Wildman–Crippen LogP) is 1.25. The van der Waals surface area contributed by atoms with Crippen molar-refractivity contribution in [1.29, 1.82) is 0 Å². The summed E-state index contributed by atoms with van der Waals surface area (Å²) < 4.78 is 5.35. The van der Waals surface area contributed by atoms with Crippen molar-refractivity contribution in [1.82, 2.24) is 20.2 Å². The third-order valence-corrected chi connectivity index (χ3v) is 3.15. The Labute approximate surface area is 111 Å². The van der Waals surface area contributed by atoms with Crippen LogP contribution in [0.25, 0.3) is 0 Å². The van der Waals surface area contributed by atoms with E-state index in [-0.39, 0.29) is 6.04 Å². The molecule has 2 aromatic heterocycles. The van der Waals surface area contributed by atoms with Gasteiger partial charge in [-0.05, 0) is 12.8 Å². The number of aromatic nitrogens is 4. The van der Waals surface area contributed by atoms with E-state index in [0.29, 0.717) is 11.9 Å². The molecule has 0 aliphatic carbocycles. The molecule has 1 aliphatic rings. The predicted molar refractivity (Wildman–Crippen MR) is 69.9 cm³/mol. The van der Waals surface area contributed by atoms with Crippen LogP contribution in [0.1, 0.15) is 18.7 Å². The minimum absolute atomic E-state index is 0.288. The molecule has 7 nitrogen and oxygen atoms in total. The maximum Gasteiger partial charge on any atom is 0.315 e. The topological polar surface area (TPSA) is 80.0 Å². The van der Waals surface area contributed by atoms with Gasteiger partial charge < -0.3 is 14.6 Å². The first-order valence-corrected chi connectivity index (χ1v) is 6.39. The lowest BCUT2D eigenvalue weighted by atomic mass is 10.1. The summed E-state index contributed by atoms with van der Waals surface area (Å²) in [4.78, 5) is 10.7. The molecule has 100 valence electrons. The lowest BCUT2D eigenvalue weighted by Crippen LogP contribution is -2.42. The summed E-state index contributed by atoms with van der Waals surface area (Å²) in [6, 6.07) is 0.777. The maximum absolute atomic E-state index is 5.35. The van der Waals surface area contributed by atoms with E-state index < -0.39 is 0 Å². The third kappa shape index (κ3) is 2.81. The smallest absolute Gasteiger partial charge is 0.315 e. The Kier molecular flexibility index (Phi) is 3.26. The monoisotopic (exact) mass is 260 g/mol. The van der Waals surface area contributed by atoms with Gasteiger partial charge in [0.15, 0.2) is 0 Å². The fraction of sp³-hybridized carbons (Fsp3) is 0.500. The minimum Gasteiger partial charge on any atom is -0.408 e. The van der Waals surface area contributed by atoms with Gasteiger partial charge >= 0.3 is 6.01 Å². The molecule has 2 aromatic rings. The van der Waals surface area contributed by atoms with Crippen molar-refractivity contribution in [3.8, 4) is 0 Å². The first-order valence-electron chi connectivity index (χ1n) is 6.39. The number of anilines is 2. The van der Waals surface area contributed by atoms with Crippen molar-refractivity contribution in [3.05, 3.63) is 24.5 Å². The molecule has 0 radical (unpaired) electrons. The molecule has 7 heteroatoms. The lowest BCUT2D eigenvalue weighted by Gasteiger charge is -2.33. The second-order valence-corrected chi connectivity index (χ2v) is 4.62. The van der Waals surface area contributed by atoms with Crippen molar-refractivity contribution < 1.29 is 4.42 Å². The Morgan fingerprint density at radius 2 is 2.32 bits per heavy atom. The molecule has 1 fully saturated rings. The summed E-state index contributed by atoms with van der Waals surface area (Å²) in [7, 11) is 0. The van der Waals surface area contributed by atoms with Crippen LogP contribution in [0, 0.1) is 6.92 Å². The second-order valence-electron chi connectivity index (χ2n) is 4.62. The normalized spacial score (nSPS) is 19.4. The number of rotatable bonds is 3. The molecule has 1 saturated heterocycles. The molecule has 1 aliphatic heterocycles. The van der Waals surface area contributed by atoms with Crippen LogP contribution in [0.4, 0.5) is 11.8 Å². The largest absolute Gasteiger partial charge is 0.408 e. The zero-order valence-corrected chi connectivity index (χ0v) is 10.8. The van der Waals surface area contributed by atoms with Crippen molar-refractivity contribution in [2.45, 2.75) is 25.8 Å². The highest BCUT2D eigenvalue weighted by Crippen LogP contribution is 2.19. The van der Waals surface area contributed by atoms with Crippen molar-refractivity contribution in [2.75, 3.05) is 23.3 Å². The highest BCUT2D eigenvalue weighted by molar-refractivity contribution is 5.37. The Hall–Kier alpha value is -2.18. The summed E-state index contributed by atoms with van der Waals surface area (Å²) in [6.45, 7) is 3.64. The van der Waals surface area contributed by atoms with E-state index in [9.17, 15) is 0 Å². The molecule has 0 bridgehead atoms. The van der Waals surface area contributed by atoms with E-state index >= 15 is 0 Å². The zero-order chi connectivity index (χ0) is 13.1. The molecule has 1 atom stereocenters. The molecule has 3 heterocycles. The summed E-state index contributed by atoms with van der Waals surface area (Å²) in [6.07, 6.45) is 7.37. The van der Waals surface area contributed by atoms with E-state index in [1.165, 1.54) is 0 Å². The van der Waals surface area contributed by atoms with Gasteiger partial charge in [-0.3, -0.25) is 4.98 Å². The highest BCUT2D eigenvalue weighted by atomic mass is 16.4. The molecule has 0 spiro atoms. The van der Waals surface area contributed by atoms with Gasteiger partial charge in [0, 0.05) is 38.4 Å².